The summed E-state index contributed by atoms with van der Waals surface area (Å²) < 4.78 is 144. The summed E-state index contributed by atoms with van der Waals surface area (Å²) in [7, 11) is -7.91. The molecule has 2 aromatic carbocycles. The molecule has 11 nitrogen and oxygen atoms in total. The normalized spacial score (nSPS) is 13.1. The molecule has 0 saturated heterocycles. The van der Waals surface area contributed by atoms with Crippen LogP contribution in [0.3, 0.4) is 0 Å². The summed E-state index contributed by atoms with van der Waals surface area (Å²) in [5.74, 6) is -0.139. The monoisotopic (exact) mass is 680 g/mol. The molecule has 0 spiro atoms. The fourth-order valence-electron chi connectivity index (χ4n) is 3.04. The molecule has 0 radical (unpaired) electrons. The molecule has 2 aromatic rings. The summed E-state index contributed by atoms with van der Waals surface area (Å²) in [6, 6.07) is 9.25. The number of benzene rings is 2. The van der Waals surface area contributed by atoms with Gasteiger partial charge >= 0.3 is 22.5 Å². The molecule has 0 aliphatic rings. The Morgan fingerprint density at radius 1 is 0.727 bits per heavy atom. The summed E-state index contributed by atoms with van der Waals surface area (Å²) in [6.07, 6.45) is -8.85. The summed E-state index contributed by atoms with van der Waals surface area (Å²) in [6.45, 7) is 3.42. The molecule has 0 heterocycles. The number of hydrogen-bond acceptors (Lipinski definition) is 10. The largest absolute Gasteiger partial charge is 0.493 e. The van der Waals surface area contributed by atoms with Crippen LogP contribution in [0.5, 0.6) is 11.5 Å². The molecule has 0 fully saturated rings. The van der Waals surface area contributed by atoms with Crippen molar-refractivity contribution in [3.8, 4) is 11.5 Å². The molecule has 0 amide bonds. The first-order valence-electron chi connectivity index (χ1n) is 12.6. The molecular weight excluding hydrogens is 650 g/mol. The van der Waals surface area contributed by atoms with E-state index in [0.29, 0.717) is 12.8 Å². The van der Waals surface area contributed by atoms with Gasteiger partial charge in [-0.2, -0.15) is 43.2 Å². The lowest BCUT2D eigenvalue weighted by atomic mass is 10.1. The van der Waals surface area contributed by atoms with E-state index in [1.165, 1.54) is 31.2 Å². The first kappa shape index (κ1) is 38.4. The Balaban J connectivity index is 0.00000123. The highest BCUT2D eigenvalue weighted by Gasteiger charge is 2.39. The number of halogens is 6. The van der Waals surface area contributed by atoms with Gasteiger partial charge in [0.15, 0.2) is 11.4 Å². The van der Waals surface area contributed by atoms with Gasteiger partial charge in [-0.3, -0.25) is 8.84 Å². The van der Waals surface area contributed by atoms with E-state index in [2.05, 4.69) is 14.6 Å². The minimum absolute atomic E-state index is 0.103. The van der Waals surface area contributed by atoms with Gasteiger partial charge < -0.3 is 14.7 Å². The average Bonchev–Trinajstić information content (AvgIpc) is 2.88. The molecule has 19 heteroatoms. The second-order valence-corrected chi connectivity index (χ2v) is 11.9. The van der Waals surface area contributed by atoms with E-state index in [9.17, 15) is 43.2 Å². The van der Waals surface area contributed by atoms with Crippen molar-refractivity contribution in [2.24, 2.45) is 10.3 Å². The summed E-state index contributed by atoms with van der Waals surface area (Å²) >= 11 is 0. The highest BCUT2D eigenvalue weighted by atomic mass is 32.2. The molecule has 0 aliphatic carbocycles. The van der Waals surface area contributed by atoms with E-state index in [4.69, 9.17) is 19.2 Å². The van der Waals surface area contributed by atoms with E-state index in [1.807, 2.05) is 0 Å². The Morgan fingerprint density at radius 3 is 1.45 bits per heavy atom. The van der Waals surface area contributed by atoms with Crippen LogP contribution in [0.4, 0.5) is 26.3 Å². The molecule has 0 unspecified atom stereocenters. The first-order chi connectivity index (χ1) is 20.3. The number of alkyl halides is 6. The van der Waals surface area contributed by atoms with Crippen molar-refractivity contribution in [1.82, 2.24) is 0 Å². The molecule has 2 rings (SSSR count). The van der Waals surface area contributed by atoms with Crippen LogP contribution >= 0.6 is 0 Å². The Hall–Kier alpha value is -3.58. The van der Waals surface area contributed by atoms with E-state index in [-0.39, 0.29) is 42.4 Å². The van der Waals surface area contributed by atoms with Crippen molar-refractivity contribution in [2.45, 2.75) is 45.5 Å². The van der Waals surface area contributed by atoms with Gasteiger partial charge in [-0.25, -0.2) is 0 Å². The summed E-state index contributed by atoms with van der Waals surface area (Å²) in [5.41, 5.74) is -3.74. The number of hydrogen-bond donors (Lipinski definition) is 2. The number of ether oxygens (including phenoxy) is 2. The van der Waals surface area contributed by atoms with E-state index < -0.39 is 55.3 Å². The lowest BCUT2D eigenvalue weighted by molar-refractivity contribution is -0.0608. The number of nitrogens with zero attached hydrogens (tertiary/aromatic N) is 2. The molecule has 0 atom stereocenters. The van der Waals surface area contributed by atoms with Crippen LogP contribution in [0.2, 0.25) is 0 Å². The van der Waals surface area contributed by atoms with Crippen LogP contribution in [0, 0.1) is 0 Å². The van der Waals surface area contributed by atoms with Gasteiger partial charge in [-0.05, 0) is 61.4 Å². The Bertz CT molecular complexity index is 1440. The Kier molecular flexibility index (Phi) is 14.9. The first-order valence-corrected chi connectivity index (χ1v) is 15.8. The van der Waals surface area contributed by atoms with Crippen LogP contribution in [-0.2, 0) is 24.5 Å². The number of rotatable bonds is 14. The lowest BCUT2D eigenvalue weighted by Gasteiger charge is -2.12. The molecule has 0 aromatic heterocycles. The predicted octanol–water partition coefficient (Wildman–Crippen LogP) is 5.58. The van der Waals surface area contributed by atoms with E-state index >= 15 is 0 Å². The minimum atomic E-state index is -4.97. The molecule has 0 saturated carbocycles. The highest BCUT2D eigenvalue weighted by molar-refractivity contribution is 7.86. The van der Waals surface area contributed by atoms with Gasteiger partial charge in [0.2, 0.25) is 0 Å². The quantitative estimate of drug-likeness (QED) is 0.0648. The van der Waals surface area contributed by atoms with Gasteiger partial charge in [0.25, 0.3) is 10.1 Å². The fraction of sp³-hybridized carbons (Fsp3) is 0.440. The van der Waals surface area contributed by atoms with Crippen LogP contribution in [0.1, 0.15) is 44.2 Å². The summed E-state index contributed by atoms with van der Waals surface area (Å²) in [4.78, 5) is 0. The van der Waals surface area contributed by atoms with Crippen molar-refractivity contribution in [3.05, 3.63) is 59.7 Å². The maximum Gasteiger partial charge on any atom is 0.437 e. The maximum atomic E-state index is 13.3. The van der Waals surface area contributed by atoms with Crippen molar-refractivity contribution in [2.75, 3.05) is 24.7 Å². The Labute approximate surface area is 250 Å². The van der Waals surface area contributed by atoms with Gasteiger partial charge in [-0.1, -0.05) is 24.2 Å². The van der Waals surface area contributed by atoms with E-state index in [1.54, 1.807) is 6.92 Å². The average molecular weight is 681 g/mol. The molecule has 44 heavy (non-hydrogen) atoms. The zero-order valence-electron chi connectivity index (χ0n) is 23.3. The van der Waals surface area contributed by atoms with Gasteiger partial charge in [0.05, 0.1) is 24.7 Å². The minimum Gasteiger partial charge on any atom is -0.493 e. The van der Waals surface area contributed by atoms with Crippen molar-refractivity contribution < 1.29 is 66.7 Å². The zero-order valence-corrected chi connectivity index (χ0v) is 24.9. The van der Waals surface area contributed by atoms with Crippen LogP contribution in [-0.4, -0.2) is 75.1 Å². The third kappa shape index (κ3) is 14.7. The molecular formula is C25H30F6N2O9S2. The lowest BCUT2D eigenvalue weighted by Crippen LogP contribution is -2.25. The smallest absolute Gasteiger partial charge is 0.437 e. The topological polar surface area (TPSA) is 161 Å². The summed E-state index contributed by atoms with van der Waals surface area (Å²) in [5, 5.41) is 13.6. The second kappa shape index (κ2) is 17.0. The van der Waals surface area contributed by atoms with Gasteiger partial charge in [-0.15, -0.1) is 0 Å². The SMILES string of the molecule is CCCS(=O)(=O)O.CCCS(=O)(=O)ON=C(c1ccc(OCCCOc2ccc(C(=NO)C(F)(F)F)cc2)cc1)C(F)(F)F. The van der Waals surface area contributed by atoms with Gasteiger partial charge in [0.1, 0.15) is 11.5 Å². The fourth-order valence-corrected chi connectivity index (χ4v) is 4.32. The molecule has 248 valence electrons. The van der Waals surface area contributed by atoms with Crippen molar-refractivity contribution in [3.63, 3.8) is 0 Å². The molecule has 0 bridgehead atoms. The second-order valence-electron chi connectivity index (χ2n) is 8.61. The van der Waals surface area contributed by atoms with Crippen LogP contribution in [0.25, 0.3) is 0 Å². The van der Waals surface area contributed by atoms with Gasteiger partial charge in [0, 0.05) is 17.5 Å². The number of oxime groups is 2. The standard InChI is InChI=1S/C22H22F6N2O6S.C3H8O3S/c1-2-14-37(32,33)36-30-20(22(26,27)28)16-6-10-18(11-7-16)35-13-3-12-34-17-8-4-15(5-9-17)19(29-31)21(23,24)25;1-2-3-7(4,5)6/h4-11,31H,2-3,12-14H2,1H3;2-3H2,1H3,(H,4,5,6). The van der Waals surface area contributed by atoms with Crippen molar-refractivity contribution in [1.29, 1.82) is 0 Å². The molecule has 0 aliphatic heterocycles. The molecule has 2 N–H and O–H groups in total. The highest BCUT2D eigenvalue weighted by Crippen LogP contribution is 2.26. The third-order valence-electron chi connectivity index (χ3n) is 4.88. The van der Waals surface area contributed by atoms with Crippen LogP contribution < -0.4 is 9.47 Å². The third-order valence-corrected chi connectivity index (χ3v) is 7.01. The van der Waals surface area contributed by atoms with Crippen LogP contribution in [0.15, 0.2) is 58.8 Å². The van der Waals surface area contributed by atoms with Crippen molar-refractivity contribution >= 4 is 31.7 Å². The maximum absolute atomic E-state index is 13.3. The van der Waals surface area contributed by atoms with E-state index in [0.717, 1.165) is 24.3 Å². The Morgan fingerprint density at radius 2 is 1.14 bits per heavy atom. The zero-order chi connectivity index (χ0) is 33.6. The predicted molar refractivity (Wildman–Crippen MR) is 147 cm³/mol.